The molecule has 2 atom stereocenters. The molecule has 7 heteroatoms. The van der Waals surface area contributed by atoms with Crippen LogP contribution in [-0.2, 0) is 13.1 Å². The summed E-state index contributed by atoms with van der Waals surface area (Å²) in [5, 5.41) is 3.06. The molecule has 0 saturated carbocycles. The van der Waals surface area contributed by atoms with Gasteiger partial charge >= 0.3 is 0 Å². The number of nitrogens with zero attached hydrogens (tertiary/aromatic N) is 4. The standard InChI is InChI=1S/C21H21FN4OS/c1-14-23-17(13-28-14)10-26-20-12-24(9-15-4-6-16(22)7-5-15)11-19(20)25-8-2-3-18(25)21(26)27/h2-8,13,19-20H,9-12H2,1H3/t19-,20-/m1/s1. The van der Waals surface area contributed by atoms with Crippen LogP contribution in [0, 0.1) is 12.7 Å². The first kappa shape index (κ1) is 17.6. The predicted molar refractivity (Wildman–Crippen MR) is 106 cm³/mol. The number of likely N-dealkylation sites (tertiary alicyclic amines) is 1. The van der Waals surface area contributed by atoms with Gasteiger partial charge in [0.25, 0.3) is 5.91 Å². The number of aromatic nitrogens is 2. The third-order valence-corrected chi connectivity index (χ3v) is 6.49. The van der Waals surface area contributed by atoms with Crippen molar-refractivity contribution in [3.8, 4) is 0 Å². The number of aryl methyl sites for hydroxylation is 1. The van der Waals surface area contributed by atoms with Gasteiger partial charge in [0.05, 0.1) is 29.3 Å². The number of hydrogen-bond donors (Lipinski definition) is 0. The lowest BCUT2D eigenvalue weighted by molar-refractivity contribution is 0.0553. The summed E-state index contributed by atoms with van der Waals surface area (Å²) in [6, 6.07) is 10.9. The summed E-state index contributed by atoms with van der Waals surface area (Å²) in [5.41, 5.74) is 2.78. The molecule has 144 valence electrons. The average Bonchev–Trinajstić information content (AvgIpc) is 3.40. The van der Waals surface area contributed by atoms with Crippen molar-refractivity contribution in [2.24, 2.45) is 0 Å². The van der Waals surface area contributed by atoms with Gasteiger partial charge in [-0.15, -0.1) is 11.3 Å². The molecular formula is C21H21FN4OS. The van der Waals surface area contributed by atoms with Crippen LogP contribution in [0.15, 0.2) is 48.0 Å². The predicted octanol–water partition coefficient (Wildman–Crippen LogP) is 3.47. The fourth-order valence-corrected chi connectivity index (χ4v) is 5.01. The van der Waals surface area contributed by atoms with E-state index in [9.17, 15) is 9.18 Å². The van der Waals surface area contributed by atoms with Crippen molar-refractivity contribution in [2.45, 2.75) is 32.1 Å². The maximum absolute atomic E-state index is 13.2. The smallest absolute Gasteiger partial charge is 0.271 e. The molecule has 0 N–H and O–H groups in total. The molecule has 0 radical (unpaired) electrons. The Kier molecular flexibility index (Phi) is 4.29. The number of amides is 1. The zero-order valence-electron chi connectivity index (χ0n) is 15.6. The summed E-state index contributed by atoms with van der Waals surface area (Å²) in [7, 11) is 0. The highest BCUT2D eigenvalue weighted by molar-refractivity contribution is 7.09. The number of fused-ring (bicyclic) bond motifs is 3. The van der Waals surface area contributed by atoms with E-state index in [-0.39, 0.29) is 23.8 Å². The zero-order valence-corrected chi connectivity index (χ0v) is 16.4. The molecule has 1 saturated heterocycles. The van der Waals surface area contributed by atoms with E-state index < -0.39 is 0 Å². The van der Waals surface area contributed by atoms with Gasteiger partial charge in [-0.25, -0.2) is 9.37 Å². The van der Waals surface area contributed by atoms with Gasteiger partial charge in [0, 0.05) is 31.2 Å². The van der Waals surface area contributed by atoms with Crippen molar-refractivity contribution in [1.29, 1.82) is 0 Å². The van der Waals surface area contributed by atoms with Crippen LogP contribution in [0.5, 0.6) is 0 Å². The lowest BCUT2D eigenvalue weighted by Gasteiger charge is -2.38. The SMILES string of the molecule is Cc1nc(CN2C(=O)c3cccn3[C@@H]3CN(Cc4ccc(F)cc4)C[C@H]32)cs1. The Labute approximate surface area is 167 Å². The van der Waals surface area contributed by atoms with Crippen LogP contribution in [-0.4, -0.2) is 44.4 Å². The number of hydrogen-bond acceptors (Lipinski definition) is 4. The molecule has 1 aromatic carbocycles. The van der Waals surface area contributed by atoms with Crippen molar-refractivity contribution in [1.82, 2.24) is 19.4 Å². The first-order valence-corrected chi connectivity index (χ1v) is 10.3. The van der Waals surface area contributed by atoms with Crippen LogP contribution in [0.1, 0.15) is 32.8 Å². The Morgan fingerprint density at radius 2 is 1.93 bits per heavy atom. The monoisotopic (exact) mass is 396 g/mol. The van der Waals surface area contributed by atoms with Crippen molar-refractivity contribution >= 4 is 17.2 Å². The first-order valence-electron chi connectivity index (χ1n) is 9.44. The van der Waals surface area contributed by atoms with Crippen molar-refractivity contribution in [3.05, 3.63) is 75.8 Å². The molecule has 2 aliphatic heterocycles. The lowest BCUT2D eigenvalue weighted by atomic mass is 10.1. The number of halogens is 1. The molecule has 1 fully saturated rings. The second-order valence-electron chi connectivity index (χ2n) is 7.55. The number of carbonyl (C=O) groups excluding carboxylic acids is 1. The average molecular weight is 396 g/mol. The quantitative estimate of drug-likeness (QED) is 0.678. The Morgan fingerprint density at radius 3 is 2.68 bits per heavy atom. The normalized spacial score (nSPS) is 21.8. The van der Waals surface area contributed by atoms with Gasteiger partial charge < -0.3 is 9.47 Å². The summed E-state index contributed by atoms with van der Waals surface area (Å²) in [4.78, 5) is 22.1. The number of carbonyl (C=O) groups is 1. The Balaban J connectivity index is 1.42. The second kappa shape index (κ2) is 6.83. The Hall–Kier alpha value is -2.51. The fourth-order valence-electron chi connectivity index (χ4n) is 4.41. The maximum atomic E-state index is 13.2. The van der Waals surface area contributed by atoms with E-state index in [0.717, 1.165) is 41.6 Å². The van der Waals surface area contributed by atoms with Crippen molar-refractivity contribution in [3.63, 3.8) is 0 Å². The van der Waals surface area contributed by atoms with Crippen LogP contribution in [0.3, 0.4) is 0 Å². The van der Waals surface area contributed by atoms with E-state index in [1.807, 2.05) is 47.7 Å². The van der Waals surface area contributed by atoms with Gasteiger partial charge in [-0.3, -0.25) is 9.69 Å². The molecule has 0 bridgehead atoms. The molecule has 2 aliphatic rings. The van der Waals surface area contributed by atoms with E-state index in [4.69, 9.17) is 0 Å². The van der Waals surface area contributed by atoms with Gasteiger partial charge in [-0.1, -0.05) is 12.1 Å². The van der Waals surface area contributed by atoms with E-state index in [0.29, 0.717) is 6.54 Å². The molecule has 4 heterocycles. The molecular weight excluding hydrogens is 375 g/mol. The third kappa shape index (κ3) is 3.04. The molecule has 0 unspecified atom stereocenters. The highest BCUT2D eigenvalue weighted by atomic mass is 32.1. The van der Waals surface area contributed by atoms with E-state index >= 15 is 0 Å². The van der Waals surface area contributed by atoms with Gasteiger partial charge in [0.2, 0.25) is 0 Å². The molecule has 0 spiro atoms. The molecule has 5 rings (SSSR count). The van der Waals surface area contributed by atoms with E-state index in [1.54, 1.807) is 11.3 Å². The van der Waals surface area contributed by atoms with Crippen LogP contribution >= 0.6 is 11.3 Å². The van der Waals surface area contributed by atoms with Crippen LogP contribution in [0.4, 0.5) is 4.39 Å². The highest BCUT2D eigenvalue weighted by Crippen LogP contribution is 2.35. The Morgan fingerprint density at radius 1 is 1.14 bits per heavy atom. The second-order valence-corrected chi connectivity index (χ2v) is 8.61. The lowest BCUT2D eigenvalue weighted by Crippen LogP contribution is -2.49. The molecule has 2 aromatic heterocycles. The highest BCUT2D eigenvalue weighted by Gasteiger charge is 2.44. The molecule has 5 nitrogen and oxygen atoms in total. The minimum atomic E-state index is -0.217. The van der Waals surface area contributed by atoms with Gasteiger partial charge in [-0.05, 0) is 36.8 Å². The first-order chi connectivity index (χ1) is 13.6. The van der Waals surface area contributed by atoms with Crippen LogP contribution in [0.25, 0.3) is 0 Å². The summed E-state index contributed by atoms with van der Waals surface area (Å²) in [5.74, 6) is -0.147. The number of rotatable bonds is 4. The van der Waals surface area contributed by atoms with E-state index in [1.165, 1.54) is 12.1 Å². The minimum Gasteiger partial charge on any atom is -0.337 e. The molecule has 1 amide bonds. The van der Waals surface area contributed by atoms with E-state index in [2.05, 4.69) is 14.5 Å². The fraction of sp³-hybridized carbons (Fsp3) is 0.333. The molecule has 3 aromatic rings. The zero-order chi connectivity index (χ0) is 19.3. The van der Waals surface area contributed by atoms with Crippen molar-refractivity contribution < 1.29 is 9.18 Å². The summed E-state index contributed by atoms with van der Waals surface area (Å²) in [6.07, 6.45) is 2.01. The Bertz CT molecular complexity index is 1010. The van der Waals surface area contributed by atoms with Gasteiger partial charge in [0.15, 0.2) is 0 Å². The summed E-state index contributed by atoms with van der Waals surface area (Å²) >= 11 is 1.61. The third-order valence-electron chi connectivity index (χ3n) is 5.67. The van der Waals surface area contributed by atoms with Crippen LogP contribution in [0.2, 0.25) is 0 Å². The maximum Gasteiger partial charge on any atom is 0.271 e. The molecule has 0 aliphatic carbocycles. The minimum absolute atomic E-state index is 0.0699. The summed E-state index contributed by atoms with van der Waals surface area (Å²) < 4.78 is 15.3. The largest absolute Gasteiger partial charge is 0.337 e. The number of thiazole rings is 1. The number of benzene rings is 1. The van der Waals surface area contributed by atoms with Crippen molar-refractivity contribution in [2.75, 3.05) is 13.1 Å². The topological polar surface area (TPSA) is 41.4 Å². The van der Waals surface area contributed by atoms with Gasteiger partial charge in [0.1, 0.15) is 11.5 Å². The van der Waals surface area contributed by atoms with Crippen LogP contribution < -0.4 is 0 Å². The molecule has 28 heavy (non-hydrogen) atoms. The summed E-state index contributed by atoms with van der Waals surface area (Å²) in [6.45, 7) is 4.94. The van der Waals surface area contributed by atoms with Gasteiger partial charge in [-0.2, -0.15) is 0 Å².